The van der Waals surface area contributed by atoms with Crippen LogP contribution in [-0.4, -0.2) is 54.7 Å². The average molecular weight is 447 g/mol. The van der Waals surface area contributed by atoms with Crippen molar-refractivity contribution in [3.05, 3.63) is 30.5 Å². The molecular weight excluding hydrogens is 420 g/mol. The molecule has 170 valence electrons. The second-order valence-corrected chi connectivity index (χ2v) is 9.44. The van der Waals surface area contributed by atoms with Gasteiger partial charge in [0.25, 0.3) is 0 Å². The molecule has 0 radical (unpaired) electrons. The van der Waals surface area contributed by atoms with Crippen molar-refractivity contribution < 1.29 is 9.53 Å². The summed E-state index contributed by atoms with van der Waals surface area (Å²) in [7, 11) is 3.49. The third-order valence-corrected chi connectivity index (χ3v) is 6.78. The first-order chi connectivity index (χ1) is 15.9. The summed E-state index contributed by atoms with van der Waals surface area (Å²) in [4.78, 5) is 17.1. The number of carbonyl (C=O) groups is 1. The fraction of sp³-hybridized carbons (Fsp3) is 0.435. The summed E-state index contributed by atoms with van der Waals surface area (Å²) >= 11 is 0. The molecule has 33 heavy (non-hydrogen) atoms. The standard InChI is InChI=1S/C23H26N8O2/c1-23(21(32)24-14-5-6-14)11-15(12-23)25-22-26-20(33-3)19-16(8-9-31(19)28-22)13-4-7-17-18(10-13)30(2)29-27-17/h4,7-10,14-15H,5-6,11-12H2,1-3H3,(H,24,32)(H,25,28). The second kappa shape index (κ2) is 7.16. The molecule has 0 aliphatic heterocycles. The van der Waals surface area contributed by atoms with E-state index >= 15 is 0 Å². The quantitative estimate of drug-likeness (QED) is 0.468. The van der Waals surface area contributed by atoms with Crippen LogP contribution in [0.1, 0.15) is 32.6 Å². The van der Waals surface area contributed by atoms with Gasteiger partial charge in [-0.2, -0.15) is 4.98 Å². The third kappa shape index (κ3) is 3.37. The highest BCUT2D eigenvalue weighted by Gasteiger charge is 2.47. The summed E-state index contributed by atoms with van der Waals surface area (Å²) in [5.41, 5.74) is 4.24. The molecule has 0 bridgehead atoms. The van der Waals surface area contributed by atoms with Gasteiger partial charge in [-0.25, -0.2) is 9.20 Å². The number of nitrogens with zero attached hydrogens (tertiary/aromatic N) is 6. The maximum Gasteiger partial charge on any atom is 0.244 e. The van der Waals surface area contributed by atoms with E-state index in [0.29, 0.717) is 17.9 Å². The van der Waals surface area contributed by atoms with Gasteiger partial charge in [-0.15, -0.1) is 10.2 Å². The SMILES string of the molecule is COc1nc(NC2CC(C)(C(=O)NC3CC3)C2)nn2ccc(-c3ccc4nnn(C)c4c3)c12. The van der Waals surface area contributed by atoms with Crippen LogP contribution in [0.3, 0.4) is 0 Å². The van der Waals surface area contributed by atoms with Gasteiger partial charge < -0.3 is 15.4 Å². The van der Waals surface area contributed by atoms with E-state index in [0.717, 1.165) is 53.4 Å². The lowest BCUT2D eigenvalue weighted by atomic mass is 9.66. The Morgan fingerprint density at radius 2 is 2.03 bits per heavy atom. The third-order valence-electron chi connectivity index (χ3n) is 6.78. The monoisotopic (exact) mass is 446 g/mol. The first kappa shape index (κ1) is 20.0. The Kier molecular flexibility index (Phi) is 4.33. The lowest BCUT2D eigenvalue weighted by molar-refractivity contribution is -0.135. The fourth-order valence-electron chi connectivity index (χ4n) is 4.71. The fourth-order valence-corrected chi connectivity index (χ4v) is 4.71. The van der Waals surface area contributed by atoms with E-state index in [-0.39, 0.29) is 17.4 Å². The molecule has 1 amide bonds. The summed E-state index contributed by atoms with van der Waals surface area (Å²) in [6, 6.07) is 8.56. The van der Waals surface area contributed by atoms with Crippen LogP contribution in [0.25, 0.3) is 27.7 Å². The minimum Gasteiger partial charge on any atom is -0.479 e. The van der Waals surface area contributed by atoms with E-state index in [1.54, 1.807) is 16.3 Å². The van der Waals surface area contributed by atoms with Crippen molar-refractivity contribution in [2.24, 2.45) is 12.5 Å². The Morgan fingerprint density at radius 3 is 2.79 bits per heavy atom. The van der Waals surface area contributed by atoms with Gasteiger partial charge in [0.2, 0.25) is 17.7 Å². The highest BCUT2D eigenvalue weighted by atomic mass is 16.5. The first-order valence-corrected chi connectivity index (χ1v) is 11.2. The molecule has 2 N–H and O–H groups in total. The van der Waals surface area contributed by atoms with Crippen molar-refractivity contribution in [3.63, 3.8) is 0 Å². The predicted molar refractivity (Wildman–Crippen MR) is 123 cm³/mol. The van der Waals surface area contributed by atoms with Crippen LogP contribution < -0.4 is 15.4 Å². The molecule has 3 heterocycles. The van der Waals surface area contributed by atoms with E-state index in [9.17, 15) is 4.79 Å². The van der Waals surface area contributed by atoms with E-state index in [4.69, 9.17) is 4.74 Å². The van der Waals surface area contributed by atoms with E-state index in [1.165, 1.54) is 0 Å². The second-order valence-electron chi connectivity index (χ2n) is 9.44. The molecule has 2 fully saturated rings. The Hall–Kier alpha value is -3.69. The highest BCUT2D eigenvalue weighted by Crippen LogP contribution is 2.43. The Labute approximate surface area is 190 Å². The summed E-state index contributed by atoms with van der Waals surface area (Å²) in [5.74, 6) is 1.14. The van der Waals surface area contributed by atoms with Crippen molar-refractivity contribution in [1.82, 2.24) is 34.9 Å². The number of fused-ring (bicyclic) bond motifs is 2. The van der Waals surface area contributed by atoms with Crippen molar-refractivity contribution in [1.29, 1.82) is 0 Å². The van der Waals surface area contributed by atoms with Gasteiger partial charge in [0.1, 0.15) is 11.0 Å². The van der Waals surface area contributed by atoms with Crippen LogP contribution in [-0.2, 0) is 11.8 Å². The Bertz CT molecular complexity index is 1380. The molecule has 0 saturated heterocycles. The van der Waals surface area contributed by atoms with Gasteiger partial charge in [-0.1, -0.05) is 18.2 Å². The number of amides is 1. The molecule has 2 saturated carbocycles. The molecule has 10 nitrogen and oxygen atoms in total. The van der Waals surface area contributed by atoms with Gasteiger partial charge in [0, 0.05) is 30.9 Å². The number of rotatable bonds is 6. The molecule has 0 spiro atoms. The Balaban J connectivity index is 1.26. The zero-order valence-corrected chi connectivity index (χ0v) is 18.9. The van der Waals surface area contributed by atoms with E-state index in [2.05, 4.69) is 37.1 Å². The molecule has 1 aromatic carbocycles. The van der Waals surface area contributed by atoms with E-state index < -0.39 is 0 Å². The van der Waals surface area contributed by atoms with Crippen LogP contribution in [0.2, 0.25) is 0 Å². The van der Waals surface area contributed by atoms with Crippen LogP contribution in [0.4, 0.5) is 5.95 Å². The molecule has 10 heteroatoms. The molecule has 3 aromatic heterocycles. The van der Waals surface area contributed by atoms with Crippen LogP contribution >= 0.6 is 0 Å². The topological polar surface area (TPSA) is 111 Å². The number of nitrogens with one attached hydrogen (secondary N) is 2. The average Bonchev–Trinajstić information content (AvgIpc) is 3.38. The number of ether oxygens (including phenoxy) is 1. The summed E-state index contributed by atoms with van der Waals surface area (Å²) in [5, 5.41) is 19.4. The zero-order chi connectivity index (χ0) is 22.7. The van der Waals surface area contributed by atoms with Crippen LogP contribution in [0.15, 0.2) is 30.5 Å². The lowest BCUT2D eigenvalue weighted by Crippen LogP contribution is -2.53. The zero-order valence-electron chi connectivity index (χ0n) is 18.9. The normalized spacial score (nSPS) is 22.3. The number of hydrogen-bond donors (Lipinski definition) is 2. The number of anilines is 1. The van der Waals surface area contributed by atoms with Gasteiger partial charge in [0.05, 0.1) is 18.0 Å². The largest absolute Gasteiger partial charge is 0.479 e. The van der Waals surface area contributed by atoms with Crippen molar-refractivity contribution in [2.75, 3.05) is 12.4 Å². The highest BCUT2D eigenvalue weighted by molar-refractivity contribution is 5.89. The minimum atomic E-state index is -0.325. The first-order valence-electron chi connectivity index (χ1n) is 11.2. The summed E-state index contributed by atoms with van der Waals surface area (Å²) < 4.78 is 9.18. The van der Waals surface area contributed by atoms with E-state index in [1.807, 2.05) is 38.4 Å². The molecule has 6 rings (SSSR count). The molecule has 0 unspecified atom stereocenters. The van der Waals surface area contributed by atoms with Gasteiger partial charge in [-0.3, -0.25) is 4.79 Å². The Morgan fingerprint density at radius 1 is 1.21 bits per heavy atom. The van der Waals surface area contributed by atoms with Crippen LogP contribution in [0.5, 0.6) is 5.88 Å². The van der Waals surface area contributed by atoms with Gasteiger partial charge in [0.15, 0.2) is 0 Å². The van der Waals surface area contributed by atoms with Gasteiger partial charge >= 0.3 is 0 Å². The predicted octanol–water partition coefficient (Wildman–Crippen LogP) is 2.55. The smallest absolute Gasteiger partial charge is 0.244 e. The number of benzene rings is 1. The molecular formula is C23H26N8O2. The molecule has 2 aliphatic carbocycles. The minimum absolute atomic E-state index is 0.150. The molecule has 0 atom stereocenters. The van der Waals surface area contributed by atoms with Crippen molar-refractivity contribution in [3.8, 4) is 17.0 Å². The van der Waals surface area contributed by atoms with Crippen LogP contribution in [0, 0.1) is 5.41 Å². The van der Waals surface area contributed by atoms with Crippen molar-refractivity contribution in [2.45, 2.75) is 44.7 Å². The number of aromatic nitrogens is 6. The number of methoxy groups -OCH3 is 1. The number of carbonyl (C=O) groups excluding carboxylic acids is 1. The van der Waals surface area contributed by atoms with Crippen molar-refractivity contribution >= 4 is 28.4 Å². The number of hydrogen-bond acceptors (Lipinski definition) is 7. The molecule has 4 aromatic rings. The summed E-state index contributed by atoms with van der Waals surface area (Å²) in [6.45, 7) is 2.03. The lowest BCUT2D eigenvalue weighted by Gasteiger charge is -2.44. The maximum atomic E-state index is 12.5. The number of aryl methyl sites for hydroxylation is 1. The maximum absolute atomic E-state index is 12.5. The molecule has 2 aliphatic rings. The van der Waals surface area contributed by atoms with Gasteiger partial charge in [-0.05, 0) is 49.4 Å². The summed E-state index contributed by atoms with van der Waals surface area (Å²) in [6.07, 6.45) is 5.61.